The largest absolute Gasteiger partial charge is 0.507 e. The highest BCUT2D eigenvalue weighted by atomic mass is 16.3. The number of aromatic nitrogens is 1. The van der Waals surface area contributed by atoms with Crippen LogP contribution < -0.4 is 0 Å². The zero-order valence-electron chi connectivity index (χ0n) is 15.9. The van der Waals surface area contributed by atoms with Crippen molar-refractivity contribution in [2.24, 2.45) is 5.41 Å². The van der Waals surface area contributed by atoms with Gasteiger partial charge < -0.3 is 14.9 Å². The molecule has 0 bridgehead atoms. The Hall–Kier alpha value is -2.89. The lowest BCUT2D eigenvalue weighted by Gasteiger charge is -2.48. The van der Waals surface area contributed by atoms with Gasteiger partial charge in [0.25, 0.3) is 5.91 Å². The number of phenolic OH excluding ortho intramolecular Hbond substituents is 1. The highest BCUT2D eigenvalue weighted by Crippen LogP contribution is 2.40. The number of hydrogen-bond donors (Lipinski definition) is 1. The summed E-state index contributed by atoms with van der Waals surface area (Å²) in [6, 6.07) is 12.4. The standard InChI is InChI=1S/C22H25N3O3/c26-19-8-2-1-7-18(19)21(28)24-13-5-10-22(15-24)11-9-20(27)25(16-22)14-17-6-3-4-12-23-17/h1-4,6-8,12,26H,5,9-11,13-16H2/t22-/m0/s1. The molecule has 1 aromatic heterocycles. The van der Waals surface area contributed by atoms with Gasteiger partial charge in [-0.15, -0.1) is 0 Å². The SMILES string of the molecule is O=C1CC[C@]2(CCCN(C(=O)c3ccccc3O)C2)CN1Cc1ccccn1. The van der Waals surface area contributed by atoms with Crippen molar-refractivity contribution >= 4 is 11.8 Å². The zero-order valence-corrected chi connectivity index (χ0v) is 15.9. The third kappa shape index (κ3) is 3.72. The topological polar surface area (TPSA) is 73.7 Å². The minimum atomic E-state index is -0.134. The highest BCUT2D eigenvalue weighted by Gasteiger charge is 2.43. The van der Waals surface area contributed by atoms with E-state index in [1.807, 2.05) is 28.0 Å². The Bertz CT molecular complexity index is 870. The van der Waals surface area contributed by atoms with Gasteiger partial charge in [-0.25, -0.2) is 0 Å². The first-order valence-corrected chi connectivity index (χ1v) is 9.81. The lowest BCUT2D eigenvalue weighted by Crippen LogP contribution is -2.54. The second kappa shape index (κ2) is 7.62. The van der Waals surface area contributed by atoms with Crippen LogP contribution in [-0.2, 0) is 11.3 Å². The molecule has 3 heterocycles. The van der Waals surface area contributed by atoms with Gasteiger partial charge in [0.2, 0.25) is 5.91 Å². The molecule has 1 N–H and O–H groups in total. The van der Waals surface area contributed by atoms with E-state index in [-0.39, 0.29) is 23.0 Å². The first kappa shape index (κ1) is 18.5. The fraction of sp³-hybridized carbons (Fsp3) is 0.409. The Kier molecular flexibility index (Phi) is 5.03. The summed E-state index contributed by atoms with van der Waals surface area (Å²) in [6.45, 7) is 2.46. The van der Waals surface area contributed by atoms with Crippen LogP contribution in [-0.4, -0.2) is 51.3 Å². The second-order valence-electron chi connectivity index (χ2n) is 7.92. The molecular formula is C22H25N3O3. The number of piperidine rings is 2. The van der Waals surface area contributed by atoms with E-state index in [2.05, 4.69) is 4.98 Å². The Morgan fingerprint density at radius 3 is 2.71 bits per heavy atom. The van der Waals surface area contributed by atoms with Crippen molar-refractivity contribution in [2.45, 2.75) is 32.2 Å². The maximum absolute atomic E-state index is 13.0. The molecule has 2 aromatic rings. The third-order valence-electron chi connectivity index (χ3n) is 5.91. The van der Waals surface area contributed by atoms with E-state index in [9.17, 15) is 14.7 Å². The molecule has 4 rings (SSSR count). The Morgan fingerprint density at radius 1 is 1.11 bits per heavy atom. The number of rotatable bonds is 3. The van der Waals surface area contributed by atoms with Gasteiger partial charge in [-0.1, -0.05) is 18.2 Å². The lowest BCUT2D eigenvalue weighted by atomic mass is 9.73. The van der Waals surface area contributed by atoms with E-state index in [1.165, 1.54) is 0 Å². The quantitative estimate of drug-likeness (QED) is 0.890. The summed E-state index contributed by atoms with van der Waals surface area (Å²) < 4.78 is 0. The Labute approximate surface area is 164 Å². The van der Waals surface area contributed by atoms with Crippen LogP contribution in [0.2, 0.25) is 0 Å². The van der Waals surface area contributed by atoms with Crippen LogP contribution >= 0.6 is 0 Å². The summed E-state index contributed by atoms with van der Waals surface area (Å²) in [5.41, 5.74) is 1.14. The Balaban J connectivity index is 1.50. The van der Waals surface area contributed by atoms with E-state index in [4.69, 9.17) is 0 Å². The minimum absolute atomic E-state index is 0.0164. The number of phenols is 1. The van der Waals surface area contributed by atoms with Crippen LogP contribution in [0.1, 0.15) is 41.7 Å². The molecule has 6 nitrogen and oxygen atoms in total. The van der Waals surface area contributed by atoms with Crippen LogP contribution in [0.5, 0.6) is 5.75 Å². The number of hydrogen-bond acceptors (Lipinski definition) is 4. The number of aromatic hydroxyl groups is 1. The average Bonchev–Trinajstić information content (AvgIpc) is 2.72. The molecule has 2 fully saturated rings. The van der Waals surface area contributed by atoms with E-state index < -0.39 is 0 Å². The summed E-state index contributed by atoms with van der Waals surface area (Å²) in [5.74, 6) is 0.0357. The number of benzene rings is 1. The zero-order chi connectivity index (χ0) is 19.6. The molecule has 1 spiro atoms. The van der Waals surface area contributed by atoms with Crippen LogP contribution in [0.4, 0.5) is 0 Å². The van der Waals surface area contributed by atoms with Gasteiger partial charge in [0.05, 0.1) is 17.8 Å². The molecule has 2 amide bonds. The van der Waals surface area contributed by atoms with Crippen molar-refractivity contribution in [1.82, 2.24) is 14.8 Å². The molecule has 0 unspecified atom stereocenters. The number of amides is 2. The van der Waals surface area contributed by atoms with Crippen molar-refractivity contribution in [3.63, 3.8) is 0 Å². The van der Waals surface area contributed by atoms with E-state index >= 15 is 0 Å². The van der Waals surface area contributed by atoms with E-state index in [1.54, 1.807) is 30.5 Å². The summed E-state index contributed by atoms with van der Waals surface area (Å²) in [5, 5.41) is 10.0. The molecule has 0 saturated carbocycles. The van der Waals surface area contributed by atoms with Gasteiger partial charge in [-0.2, -0.15) is 0 Å². The minimum Gasteiger partial charge on any atom is -0.507 e. The monoisotopic (exact) mass is 379 g/mol. The first-order chi connectivity index (χ1) is 13.6. The smallest absolute Gasteiger partial charge is 0.257 e. The molecule has 0 radical (unpaired) electrons. The maximum Gasteiger partial charge on any atom is 0.257 e. The first-order valence-electron chi connectivity index (χ1n) is 9.81. The molecule has 28 heavy (non-hydrogen) atoms. The Morgan fingerprint density at radius 2 is 1.93 bits per heavy atom. The van der Waals surface area contributed by atoms with Crippen LogP contribution in [0.15, 0.2) is 48.7 Å². The third-order valence-corrected chi connectivity index (χ3v) is 5.91. The number of nitrogens with zero attached hydrogens (tertiary/aromatic N) is 3. The van der Waals surface area contributed by atoms with Crippen molar-refractivity contribution in [2.75, 3.05) is 19.6 Å². The predicted molar refractivity (Wildman–Crippen MR) is 105 cm³/mol. The van der Waals surface area contributed by atoms with E-state index in [0.29, 0.717) is 38.2 Å². The van der Waals surface area contributed by atoms with Crippen LogP contribution in [0, 0.1) is 5.41 Å². The molecule has 6 heteroatoms. The number of likely N-dealkylation sites (tertiary alicyclic amines) is 2. The number of pyridine rings is 1. The van der Waals surface area contributed by atoms with Gasteiger partial charge in [0.15, 0.2) is 0 Å². The average molecular weight is 379 g/mol. The van der Waals surface area contributed by atoms with Crippen molar-refractivity contribution in [3.05, 3.63) is 59.9 Å². The van der Waals surface area contributed by atoms with Crippen LogP contribution in [0.3, 0.4) is 0 Å². The van der Waals surface area contributed by atoms with Crippen molar-refractivity contribution < 1.29 is 14.7 Å². The highest BCUT2D eigenvalue weighted by molar-refractivity contribution is 5.96. The molecule has 2 aliphatic rings. The predicted octanol–water partition coefficient (Wildman–Crippen LogP) is 2.83. The van der Waals surface area contributed by atoms with Gasteiger partial charge in [-0.3, -0.25) is 14.6 Å². The number of carbonyl (C=O) groups is 2. The molecule has 2 saturated heterocycles. The van der Waals surface area contributed by atoms with Gasteiger partial charge >= 0.3 is 0 Å². The van der Waals surface area contributed by atoms with Crippen LogP contribution in [0.25, 0.3) is 0 Å². The molecule has 146 valence electrons. The molecule has 0 aliphatic carbocycles. The maximum atomic E-state index is 13.0. The summed E-state index contributed by atoms with van der Waals surface area (Å²) in [6.07, 6.45) is 4.96. The number of para-hydroxylation sites is 1. The second-order valence-corrected chi connectivity index (χ2v) is 7.92. The van der Waals surface area contributed by atoms with Crippen molar-refractivity contribution in [1.29, 1.82) is 0 Å². The number of carbonyl (C=O) groups excluding carboxylic acids is 2. The van der Waals surface area contributed by atoms with Gasteiger partial charge in [0, 0.05) is 37.7 Å². The summed E-state index contributed by atoms with van der Waals surface area (Å²) >= 11 is 0. The van der Waals surface area contributed by atoms with E-state index in [0.717, 1.165) is 25.0 Å². The molecule has 2 aliphatic heterocycles. The lowest BCUT2D eigenvalue weighted by molar-refractivity contribution is -0.139. The molecule has 1 atom stereocenters. The normalized spacial score (nSPS) is 22.5. The summed E-state index contributed by atoms with van der Waals surface area (Å²) in [7, 11) is 0. The fourth-order valence-corrected chi connectivity index (χ4v) is 4.47. The van der Waals surface area contributed by atoms with Gasteiger partial charge in [0.1, 0.15) is 5.75 Å². The fourth-order valence-electron chi connectivity index (χ4n) is 4.47. The summed E-state index contributed by atoms with van der Waals surface area (Å²) in [4.78, 5) is 33.5. The van der Waals surface area contributed by atoms with Gasteiger partial charge in [-0.05, 0) is 43.5 Å². The van der Waals surface area contributed by atoms with Crippen molar-refractivity contribution in [3.8, 4) is 5.75 Å². The molecule has 1 aromatic carbocycles. The molecular weight excluding hydrogens is 354 g/mol.